The van der Waals surface area contributed by atoms with Crippen molar-refractivity contribution >= 4 is 0 Å². The summed E-state index contributed by atoms with van der Waals surface area (Å²) in [5, 5.41) is 19.6. The van der Waals surface area contributed by atoms with Crippen LogP contribution in [-0.2, 0) is 0 Å². The fraction of sp³-hybridized carbons (Fsp3) is 0.571. The molecule has 96 valence electrons. The van der Waals surface area contributed by atoms with Crippen LogP contribution in [-0.4, -0.2) is 40.3 Å². The molecule has 0 bridgehead atoms. The summed E-state index contributed by atoms with van der Waals surface area (Å²) in [6.45, 7) is 7.04. The molecule has 0 spiro atoms. The molecule has 2 atom stereocenters. The van der Waals surface area contributed by atoms with Gasteiger partial charge in [0.15, 0.2) is 0 Å². The Kier molecular flexibility index (Phi) is 5.62. The van der Waals surface area contributed by atoms with Crippen molar-refractivity contribution in [2.24, 2.45) is 0 Å². The Bertz CT molecular complexity index is 311. The standard InChI is InChI=1S/C14H23NO2/c1-11(2)15(9-12(3)16)10-14(17)13-7-5-4-6-8-13/h4-8,11-12,14,16-17H,9-10H2,1-3H3. The topological polar surface area (TPSA) is 43.7 Å². The van der Waals surface area contributed by atoms with Gasteiger partial charge in [0, 0.05) is 19.1 Å². The molecule has 0 aliphatic carbocycles. The van der Waals surface area contributed by atoms with Gasteiger partial charge in [0.1, 0.15) is 0 Å². The molecule has 0 amide bonds. The van der Waals surface area contributed by atoms with Crippen LogP contribution in [0.25, 0.3) is 0 Å². The lowest BCUT2D eigenvalue weighted by Gasteiger charge is -2.29. The van der Waals surface area contributed by atoms with Crippen molar-refractivity contribution in [3.63, 3.8) is 0 Å². The van der Waals surface area contributed by atoms with Crippen LogP contribution in [0.1, 0.15) is 32.4 Å². The minimum absolute atomic E-state index is 0.308. The second-order valence-electron chi connectivity index (χ2n) is 4.82. The third-order valence-corrected chi connectivity index (χ3v) is 2.82. The molecule has 0 heterocycles. The number of rotatable bonds is 6. The minimum atomic E-state index is -0.502. The van der Waals surface area contributed by atoms with Gasteiger partial charge in [-0.1, -0.05) is 30.3 Å². The largest absolute Gasteiger partial charge is 0.392 e. The van der Waals surface area contributed by atoms with E-state index < -0.39 is 6.10 Å². The lowest BCUT2D eigenvalue weighted by atomic mass is 10.1. The molecule has 1 aromatic rings. The first kappa shape index (κ1) is 14.2. The number of hydrogen-bond acceptors (Lipinski definition) is 3. The number of nitrogens with zero attached hydrogens (tertiary/aromatic N) is 1. The van der Waals surface area contributed by atoms with Crippen molar-refractivity contribution in [3.8, 4) is 0 Å². The van der Waals surface area contributed by atoms with Gasteiger partial charge in [0.2, 0.25) is 0 Å². The van der Waals surface area contributed by atoms with Crippen molar-refractivity contribution in [1.29, 1.82) is 0 Å². The second-order valence-corrected chi connectivity index (χ2v) is 4.82. The lowest BCUT2D eigenvalue weighted by molar-refractivity contribution is 0.0588. The Morgan fingerprint density at radius 2 is 1.59 bits per heavy atom. The summed E-state index contributed by atoms with van der Waals surface area (Å²) in [6.07, 6.45) is -0.877. The van der Waals surface area contributed by atoms with Crippen LogP contribution in [0.5, 0.6) is 0 Å². The zero-order valence-electron chi connectivity index (χ0n) is 10.9. The van der Waals surface area contributed by atoms with E-state index in [4.69, 9.17) is 0 Å². The summed E-state index contributed by atoms with van der Waals surface area (Å²) in [5.74, 6) is 0. The highest BCUT2D eigenvalue weighted by Crippen LogP contribution is 2.15. The predicted molar refractivity (Wildman–Crippen MR) is 69.8 cm³/mol. The number of aliphatic hydroxyl groups excluding tert-OH is 2. The molecule has 1 aromatic carbocycles. The van der Waals surface area contributed by atoms with Gasteiger partial charge in [-0.25, -0.2) is 0 Å². The van der Waals surface area contributed by atoms with Crippen LogP contribution in [0.3, 0.4) is 0 Å². The third kappa shape index (κ3) is 4.86. The molecule has 1 rings (SSSR count). The molecule has 2 unspecified atom stereocenters. The first-order valence-corrected chi connectivity index (χ1v) is 6.15. The van der Waals surface area contributed by atoms with E-state index in [2.05, 4.69) is 18.7 Å². The average Bonchev–Trinajstić information content (AvgIpc) is 2.28. The van der Waals surface area contributed by atoms with Crippen LogP contribution in [0.4, 0.5) is 0 Å². The van der Waals surface area contributed by atoms with Crippen LogP contribution in [0, 0.1) is 0 Å². The fourth-order valence-corrected chi connectivity index (χ4v) is 1.84. The maximum atomic E-state index is 10.1. The Hall–Kier alpha value is -0.900. The van der Waals surface area contributed by atoms with E-state index in [1.807, 2.05) is 30.3 Å². The summed E-state index contributed by atoms with van der Waals surface area (Å²) >= 11 is 0. The van der Waals surface area contributed by atoms with Gasteiger partial charge in [0.05, 0.1) is 12.2 Å². The van der Waals surface area contributed by atoms with Crippen molar-refractivity contribution in [2.75, 3.05) is 13.1 Å². The molecule has 17 heavy (non-hydrogen) atoms. The first-order valence-electron chi connectivity index (χ1n) is 6.15. The van der Waals surface area contributed by atoms with Gasteiger partial charge in [-0.3, -0.25) is 4.90 Å². The van der Waals surface area contributed by atoms with Crippen molar-refractivity contribution in [2.45, 2.75) is 39.0 Å². The van der Waals surface area contributed by atoms with E-state index in [0.29, 0.717) is 19.1 Å². The Morgan fingerprint density at radius 3 is 2.06 bits per heavy atom. The van der Waals surface area contributed by atoms with Crippen LogP contribution in [0.15, 0.2) is 30.3 Å². The monoisotopic (exact) mass is 237 g/mol. The van der Waals surface area contributed by atoms with Crippen molar-refractivity contribution in [1.82, 2.24) is 4.90 Å². The van der Waals surface area contributed by atoms with Crippen LogP contribution in [0.2, 0.25) is 0 Å². The zero-order chi connectivity index (χ0) is 12.8. The van der Waals surface area contributed by atoms with Gasteiger partial charge in [-0.2, -0.15) is 0 Å². The molecular formula is C14H23NO2. The van der Waals surface area contributed by atoms with Gasteiger partial charge >= 0.3 is 0 Å². The predicted octanol–water partition coefficient (Wildman–Crippen LogP) is 1.81. The van der Waals surface area contributed by atoms with Gasteiger partial charge in [-0.15, -0.1) is 0 Å². The summed E-state index contributed by atoms with van der Waals surface area (Å²) in [5.41, 5.74) is 0.920. The number of aliphatic hydroxyl groups is 2. The molecule has 0 saturated carbocycles. The molecule has 0 fully saturated rings. The van der Waals surface area contributed by atoms with Crippen LogP contribution >= 0.6 is 0 Å². The van der Waals surface area contributed by atoms with E-state index in [0.717, 1.165) is 5.56 Å². The maximum Gasteiger partial charge on any atom is 0.0917 e. The fourth-order valence-electron chi connectivity index (χ4n) is 1.84. The van der Waals surface area contributed by atoms with Crippen LogP contribution < -0.4 is 0 Å². The quantitative estimate of drug-likeness (QED) is 0.793. The summed E-state index contributed by atoms with van der Waals surface area (Å²) < 4.78 is 0. The number of benzene rings is 1. The van der Waals surface area contributed by atoms with E-state index in [1.54, 1.807) is 6.92 Å². The Labute approximate surface area is 104 Å². The molecule has 0 aromatic heterocycles. The van der Waals surface area contributed by atoms with E-state index in [-0.39, 0.29) is 6.10 Å². The Balaban J connectivity index is 2.61. The van der Waals surface area contributed by atoms with Crippen molar-refractivity contribution in [3.05, 3.63) is 35.9 Å². The number of hydrogen-bond donors (Lipinski definition) is 2. The minimum Gasteiger partial charge on any atom is -0.392 e. The maximum absolute atomic E-state index is 10.1. The highest BCUT2D eigenvalue weighted by molar-refractivity contribution is 5.17. The molecule has 2 N–H and O–H groups in total. The zero-order valence-corrected chi connectivity index (χ0v) is 10.9. The summed E-state index contributed by atoms with van der Waals surface area (Å²) in [7, 11) is 0. The molecule has 0 aliphatic rings. The van der Waals surface area contributed by atoms with Gasteiger partial charge in [-0.05, 0) is 26.3 Å². The first-order chi connectivity index (χ1) is 8.00. The van der Waals surface area contributed by atoms with Gasteiger partial charge in [0.25, 0.3) is 0 Å². The highest BCUT2D eigenvalue weighted by atomic mass is 16.3. The van der Waals surface area contributed by atoms with E-state index in [1.165, 1.54) is 0 Å². The lowest BCUT2D eigenvalue weighted by Crippen LogP contribution is -2.39. The summed E-state index contributed by atoms with van der Waals surface area (Å²) in [6, 6.07) is 9.94. The average molecular weight is 237 g/mol. The molecule has 3 nitrogen and oxygen atoms in total. The molecule has 0 radical (unpaired) electrons. The second kappa shape index (κ2) is 6.74. The summed E-state index contributed by atoms with van der Waals surface area (Å²) in [4.78, 5) is 2.09. The van der Waals surface area contributed by atoms with E-state index >= 15 is 0 Å². The SMILES string of the molecule is CC(O)CN(CC(O)c1ccccc1)C(C)C. The third-order valence-electron chi connectivity index (χ3n) is 2.82. The highest BCUT2D eigenvalue weighted by Gasteiger charge is 2.17. The molecule has 3 heteroatoms. The van der Waals surface area contributed by atoms with Gasteiger partial charge < -0.3 is 10.2 Å². The molecular weight excluding hydrogens is 214 g/mol. The normalized spacial score (nSPS) is 15.2. The van der Waals surface area contributed by atoms with E-state index in [9.17, 15) is 10.2 Å². The van der Waals surface area contributed by atoms with Crippen molar-refractivity contribution < 1.29 is 10.2 Å². The molecule has 0 saturated heterocycles. The molecule has 0 aliphatic heterocycles. The smallest absolute Gasteiger partial charge is 0.0917 e. The Morgan fingerprint density at radius 1 is 1.00 bits per heavy atom.